The molecule has 2 N–H and O–H groups in total. The Morgan fingerprint density at radius 3 is 2.52 bits per heavy atom. The van der Waals surface area contributed by atoms with Gasteiger partial charge in [0, 0.05) is 25.2 Å². The second-order valence-electron chi connectivity index (χ2n) is 7.25. The van der Waals surface area contributed by atoms with Crippen LogP contribution in [0.15, 0.2) is 24.3 Å². The van der Waals surface area contributed by atoms with Crippen LogP contribution in [0.2, 0.25) is 0 Å². The van der Waals surface area contributed by atoms with Crippen LogP contribution in [0, 0.1) is 10.8 Å². The van der Waals surface area contributed by atoms with Crippen molar-refractivity contribution >= 4 is 11.9 Å². The summed E-state index contributed by atoms with van der Waals surface area (Å²) in [5.74, 6) is -0.293. The lowest BCUT2D eigenvalue weighted by Crippen LogP contribution is -2.49. The summed E-state index contributed by atoms with van der Waals surface area (Å²) in [6, 6.07) is 7.60. The van der Waals surface area contributed by atoms with Gasteiger partial charge in [-0.25, -0.2) is 0 Å². The second-order valence-corrected chi connectivity index (χ2v) is 7.25. The summed E-state index contributed by atoms with van der Waals surface area (Å²) < 4.78 is 10.6. The van der Waals surface area contributed by atoms with Crippen LogP contribution in [0.1, 0.15) is 32.3 Å². The van der Waals surface area contributed by atoms with Crippen molar-refractivity contribution in [2.45, 2.75) is 33.1 Å². The summed E-state index contributed by atoms with van der Waals surface area (Å²) in [5, 5.41) is 12.4. The summed E-state index contributed by atoms with van der Waals surface area (Å²) in [6.45, 7) is 4.65. The number of carboxylic acids is 1. The van der Waals surface area contributed by atoms with Crippen molar-refractivity contribution in [2.24, 2.45) is 10.8 Å². The van der Waals surface area contributed by atoms with E-state index in [1.54, 1.807) is 7.11 Å². The minimum absolute atomic E-state index is 0.125. The Bertz CT molecular complexity index is 620. The number of aliphatic carboxylic acids is 1. The van der Waals surface area contributed by atoms with E-state index in [1.165, 1.54) is 0 Å². The number of benzene rings is 1. The normalized spacial score (nSPS) is 16.9. The molecule has 0 spiro atoms. The van der Waals surface area contributed by atoms with Gasteiger partial charge in [0.1, 0.15) is 5.75 Å². The number of amides is 1. The lowest BCUT2D eigenvalue weighted by atomic mass is 9.79. The number of methoxy groups -OCH3 is 1. The summed E-state index contributed by atoms with van der Waals surface area (Å²) in [6.07, 6.45) is 1.33. The largest absolute Gasteiger partial charge is 0.496 e. The Morgan fingerprint density at radius 1 is 1.28 bits per heavy atom. The average molecular weight is 349 g/mol. The number of ether oxygens (including phenoxy) is 2. The van der Waals surface area contributed by atoms with Gasteiger partial charge >= 0.3 is 5.97 Å². The van der Waals surface area contributed by atoms with Gasteiger partial charge < -0.3 is 19.9 Å². The first-order valence-corrected chi connectivity index (χ1v) is 8.52. The lowest BCUT2D eigenvalue weighted by molar-refractivity contribution is -0.155. The molecule has 1 aromatic carbocycles. The van der Waals surface area contributed by atoms with E-state index in [2.05, 4.69) is 5.32 Å². The number of para-hydroxylation sites is 1. The molecule has 25 heavy (non-hydrogen) atoms. The fourth-order valence-electron chi connectivity index (χ4n) is 3.12. The molecule has 1 amide bonds. The zero-order valence-corrected chi connectivity index (χ0v) is 15.1. The number of carbonyl (C=O) groups is 2. The molecule has 0 aromatic heterocycles. The predicted molar refractivity (Wildman–Crippen MR) is 93.6 cm³/mol. The molecule has 138 valence electrons. The van der Waals surface area contributed by atoms with Crippen LogP contribution in [0.4, 0.5) is 0 Å². The topological polar surface area (TPSA) is 84.9 Å². The molecule has 1 fully saturated rings. The van der Waals surface area contributed by atoms with Crippen LogP contribution >= 0.6 is 0 Å². The highest BCUT2D eigenvalue weighted by Gasteiger charge is 2.41. The van der Waals surface area contributed by atoms with E-state index in [1.807, 2.05) is 38.1 Å². The van der Waals surface area contributed by atoms with Crippen LogP contribution in [0.3, 0.4) is 0 Å². The van der Waals surface area contributed by atoms with Crippen LogP contribution < -0.4 is 10.1 Å². The Balaban J connectivity index is 2.04. The first-order chi connectivity index (χ1) is 11.8. The molecule has 0 atom stereocenters. The highest BCUT2D eigenvalue weighted by atomic mass is 16.5. The van der Waals surface area contributed by atoms with Gasteiger partial charge in [0.25, 0.3) is 0 Å². The summed E-state index contributed by atoms with van der Waals surface area (Å²) in [5.41, 5.74) is -0.669. The molecule has 0 unspecified atom stereocenters. The monoisotopic (exact) mass is 349 g/mol. The lowest BCUT2D eigenvalue weighted by Gasteiger charge is -2.34. The average Bonchev–Trinajstić information content (AvgIpc) is 2.60. The molecule has 1 saturated heterocycles. The van der Waals surface area contributed by atoms with E-state index in [9.17, 15) is 14.7 Å². The van der Waals surface area contributed by atoms with E-state index in [0.29, 0.717) is 32.5 Å². The Morgan fingerprint density at radius 2 is 1.92 bits per heavy atom. The third kappa shape index (κ3) is 4.51. The molecule has 0 aliphatic carbocycles. The van der Waals surface area contributed by atoms with Gasteiger partial charge in [0.05, 0.1) is 12.5 Å². The van der Waals surface area contributed by atoms with Gasteiger partial charge in [-0.15, -0.1) is 0 Å². The van der Waals surface area contributed by atoms with Crippen LogP contribution in [-0.2, 0) is 20.7 Å². The van der Waals surface area contributed by atoms with E-state index in [0.717, 1.165) is 11.3 Å². The van der Waals surface area contributed by atoms with Crippen molar-refractivity contribution in [2.75, 3.05) is 26.9 Å². The van der Waals surface area contributed by atoms with E-state index >= 15 is 0 Å². The van der Waals surface area contributed by atoms with Crippen molar-refractivity contribution in [1.82, 2.24) is 5.32 Å². The smallest absolute Gasteiger partial charge is 0.311 e. The van der Waals surface area contributed by atoms with E-state index in [-0.39, 0.29) is 12.5 Å². The third-order valence-corrected chi connectivity index (χ3v) is 4.93. The Kier molecular flexibility index (Phi) is 6.06. The Hall–Kier alpha value is -2.08. The first kappa shape index (κ1) is 19.2. The van der Waals surface area contributed by atoms with Crippen LogP contribution in [0.5, 0.6) is 5.75 Å². The van der Waals surface area contributed by atoms with E-state index < -0.39 is 16.8 Å². The van der Waals surface area contributed by atoms with Gasteiger partial charge in [-0.1, -0.05) is 32.0 Å². The van der Waals surface area contributed by atoms with Gasteiger partial charge in [-0.05, 0) is 30.9 Å². The van der Waals surface area contributed by atoms with Gasteiger partial charge in [-0.2, -0.15) is 0 Å². The maximum absolute atomic E-state index is 12.7. The first-order valence-electron chi connectivity index (χ1n) is 8.52. The maximum Gasteiger partial charge on any atom is 0.311 e. The number of nitrogens with one attached hydrogen (secondary N) is 1. The molecule has 0 saturated carbocycles. The molecule has 1 heterocycles. The fraction of sp³-hybridized carbons (Fsp3) is 0.579. The van der Waals surface area contributed by atoms with Crippen molar-refractivity contribution in [1.29, 1.82) is 0 Å². The predicted octanol–water partition coefficient (Wildman–Crippen LogP) is 2.26. The third-order valence-electron chi connectivity index (χ3n) is 4.93. The minimum Gasteiger partial charge on any atom is -0.496 e. The highest BCUT2D eigenvalue weighted by Crippen LogP contribution is 2.32. The zero-order valence-electron chi connectivity index (χ0n) is 15.1. The fourth-order valence-corrected chi connectivity index (χ4v) is 3.12. The number of hydrogen-bond donors (Lipinski definition) is 2. The quantitative estimate of drug-likeness (QED) is 0.789. The molecule has 6 nitrogen and oxygen atoms in total. The van der Waals surface area contributed by atoms with Crippen molar-refractivity contribution in [3.63, 3.8) is 0 Å². The molecular weight excluding hydrogens is 322 g/mol. The number of carboxylic acid groups (broad SMARTS) is 1. The van der Waals surface area contributed by atoms with Crippen LogP contribution in [0.25, 0.3) is 0 Å². The molecule has 1 aromatic rings. The standard InChI is InChI=1S/C19H27NO5/c1-18(2,12-14-6-4-5-7-15(14)24-3)16(21)20-13-19(17(22)23)8-10-25-11-9-19/h4-7H,8-13H2,1-3H3,(H,20,21)(H,22,23). The van der Waals surface area contributed by atoms with Crippen molar-refractivity contribution < 1.29 is 24.2 Å². The number of carbonyl (C=O) groups excluding carboxylic acids is 1. The summed E-state index contributed by atoms with van der Waals surface area (Å²) >= 11 is 0. The molecule has 0 radical (unpaired) electrons. The maximum atomic E-state index is 12.7. The second kappa shape index (κ2) is 7.87. The van der Waals surface area contributed by atoms with Gasteiger partial charge in [0.2, 0.25) is 5.91 Å². The molecule has 0 bridgehead atoms. The molecular formula is C19H27NO5. The van der Waals surface area contributed by atoms with Crippen LogP contribution in [-0.4, -0.2) is 43.9 Å². The zero-order chi connectivity index (χ0) is 18.5. The highest BCUT2D eigenvalue weighted by molar-refractivity contribution is 5.83. The summed E-state index contributed by atoms with van der Waals surface area (Å²) in [7, 11) is 1.60. The Labute approximate surface area is 148 Å². The summed E-state index contributed by atoms with van der Waals surface area (Å²) in [4.78, 5) is 24.4. The molecule has 1 aliphatic heterocycles. The molecule has 6 heteroatoms. The van der Waals surface area contributed by atoms with Crippen molar-refractivity contribution in [3.05, 3.63) is 29.8 Å². The molecule has 2 rings (SSSR count). The number of hydrogen-bond acceptors (Lipinski definition) is 4. The van der Waals surface area contributed by atoms with E-state index in [4.69, 9.17) is 9.47 Å². The molecule has 1 aliphatic rings. The van der Waals surface area contributed by atoms with Gasteiger partial charge in [0.15, 0.2) is 0 Å². The minimum atomic E-state index is -0.936. The SMILES string of the molecule is COc1ccccc1CC(C)(C)C(=O)NCC1(C(=O)O)CCOCC1. The van der Waals surface area contributed by atoms with Gasteiger partial charge in [-0.3, -0.25) is 9.59 Å². The number of rotatable bonds is 7. The van der Waals surface area contributed by atoms with Crippen molar-refractivity contribution in [3.8, 4) is 5.75 Å².